The van der Waals surface area contributed by atoms with E-state index in [0.29, 0.717) is 6.07 Å². The maximum Gasteiger partial charge on any atom is 0.243 e. The molecule has 112 valence electrons. The number of halogens is 2. The van der Waals surface area contributed by atoms with Crippen LogP contribution < -0.4 is 10.5 Å². The molecule has 0 heterocycles. The fraction of sp³-hybridized carbons (Fsp3) is 0.538. The molecule has 0 spiro atoms. The molecule has 1 fully saturated rings. The summed E-state index contributed by atoms with van der Waals surface area (Å²) < 4.78 is 53.1. The lowest BCUT2D eigenvalue weighted by molar-refractivity contribution is 0.357. The first kappa shape index (κ1) is 15.2. The maximum atomic E-state index is 13.6. The molecule has 0 aromatic heterocycles. The zero-order valence-corrected chi connectivity index (χ0v) is 11.8. The minimum atomic E-state index is -4.00. The molecule has 0 radical (unpaired) electrons. The molecule has 3 N–H and O–H groups in total. The van der Waals surface area contributed by atoms with E-state index < -0.39 is 26.6 Å². The van der Waals surface area contributed by atoms with E-state index in [2.05, 4.69) is 4.72 Å². The van der Waals surface area contributed by atoms with Crippen LogP contribution in [0.3, 0.4) is 0 Å². The Balaban J connectivity index is 2.11. The Bertz CT molecular complexity index is 584. The van der Waals surface area contributed by atoms with Gasteiger partial charge in [-0.2, -0.15) is 0 Å². The molecule has 1 saturated carbocycles. The fourth-order valence-electron chi connectivity index (χ4n) is 2.45. The average molecular weight is 304 g/mol. The minimum absolute atomic E-state index is 0.277. The number of nitrogen functional groups attached to an aromatic ring is 1. The van der Waals surface area contributed by atoms with Crippen molar-refractivity contribution in [2.45, 2.75) is 37.0 Å². The summed E-state index contributed by atoms with van der Waals surface area (Å²) in [5.41, 5.74) is 4.91. The van der Waals surface area contributed by atoms with Crippen LogP contribution in [-0.4, -0.2) is 15.0 Å². The number of sulfonamides is 1. The van der Waals surface area contributed by atoms with Crippen molar-refractivity contribution in [3.05, 3.63) is 23.8 Å². The van der Waals surface area contributed by atoms with Gasteiger partial charge in [-0.25, -0.2) is 21.9 Å². The number of rotatable bonds is 4. The van der Waals surface area contributed by atoms with E-state index in [0.717, 1.165) is 31.7 Å². The Hall–Kier alpha value is -1.21. The highest BCUT2D eigenvalue weighted by Gasteiger charge is 2.23. The molecule has 0 unspecified atom stereocenters. The van der Waals surface area contributed by atoms with E-state index in [-0.39, 0.29) is 18.2 Å². The summed E-state index contributed by atoms with van der Waals surface area (Å²) in [6.07, 6.45) is 5.29. The van der Waals surface area contributed by atoms with Crippen LogP contribution in [0.4, 0.5) is 14.5 Å². The van der Waals surface area contributed by atoms with Crippen LogP contribution in [0.25, 0.3) is 0 Å². The quantitative estimate of drug-likeness (QED) is 0.839. The third kappa shape index (κ3) is 3.46. The Kier molecular flexibility index (Phi) is 4.59. The van der Waals surface area contributed by atoms with Crippen LogP contribution in [0.1, 0.15) is 32.1 Å². The van der Waals surface area contributed by atoms with Crippen molar-refractivity contribution < 1.29 is 17.2 Å². The molecule has 20 heavy (non-hydrogen) atoms. The number of hydrogen-bond donors (Lipinski definition) is 2. The molecule has 4 nitrogen and oxygen atoms in total. The van der Waals surface area contributed by atoms with Gasteiger partial charge >= 0.3 is 0 Å². The molecule has 1 aliphatic rings. The first-order chi connectivity index (χ1) is 9.40. The smallest absolute Gasteiger partial charge is 0.243 e. The van der Waals surface area contributed by atoms with Crippen LogP contribution in [0.5, 0.6) is 0 Å². The zero-order chi connectivity index (χ0) is 14.8. The Morgan fingerprint density at radius 2 is 1.80 bits per heavy atom. The van der Waals surface area contributed by atoms with Gasteiger partial charge in [0.25, 0.3) is 0 Å². The highest BCUT2D eigenvalue weighted by molar-refractivity contribution is 7.89. The van der Waals surface area contributed by atoms with Gasteiger partial charge in [0.2, 0.25) is 10.0 Å². The minimum Gasteiger partial charge on any atom is -0.396 e. The fourth-order valence-corrected chi connectivity index (χ4v) is 3.66. The summed E-state index contributed by atoms with van der Waals surface area (Å²) in [7, 11) is -4.00. The number of benzene rings is 1. The highest BCUT2D eigenvalue weighted by Crippen LogP contribution is 2.24. The Labute approximate surface area is 117 Å². The molecule has 7 heteroatoms. The van der Waals surface area contributed by atoms with Crippen LogP contribution >= 0.6 is 0 Å². The summed E-state index contributed by atoms with van der Waals surface area (Å²) in [5, 5.41) is 0. The lowest BCUT2D eigenvalue weighted by Gasteiger charge is -2.21. The van der Waals surface area contributed by atoms with Crippen molar-refractivity contribution in [3.8, 4) is 0 Å². The van der Waals surface area contributed by atoms with Crippen molar-refractivity contribution in [1.29, 1.82) is 0 Å². The van der Waals surface area contributed by atoms with Crippen LogP contribution in [0, 0.1) is 17.6 Å². The summed E-state index contributed by atoms with van der Waals surface area (Å²) >= 11 is 0. The molecule has 1 aliphatic carbocycles. The molecule has 2 rings (SSSR count). The zero-order valence-electron chi connectivity index (χ0n) is 11.0. The van der Waals surface area contributed by atoms with E-state index in [9.17, 15) is 17.2 Å². The lowest BCUT2D eigenvalue weighted by atomic mass is 9.90. The SMILES string of the molecule is Nc1cc(S(=O)(=O)NCC2CCCCC2)c(F)cc1F. The Morgan fingerprint density at radius 1 is 1.15 bits per heavy atom. The van der Waals surface area contributed by atoms with Crippen LogP contribution in [0.15, 0.2) is 17.0 Å². The van der Waals surface area contributed by atoms with Gasteiger partial charge in [-0.1, -0.05) is 19.3 Å². The van der Waals surface area contributed by atoms with Gasteiger partial charge in [-0.3, -0.25) is 0 Å². The van der Waals surface area contributed by atoms with Gasteiger partial charge in [0, 0.05) is 12.6 Å². The van der Waals surface area contributed by atoms with Crippen molar-refractivity contribution in [1.82, 2.24) is 4.72 Å². The summed E-state index contributed by atoms with van der Waals surface area (Å²) in [4.78, 5) is -0.604. The van der Waals surface area contributed by atoms with Crippen LogP contribution in [-0.2, 0) is 10.0 Å². The molecule has 0 atom stereocenters. The van der Waals surface area contributed by atoms with E-state index in [4.69, 9.17) is 5.73 Å². The maximum absolute atomic E-state index is 13.6. The van der Waals surface area contributed by atoms with E-state index in [1.54, 1.807) is 0 Å². The molecule has 1 aromatic rings. The third-order valence-electron chi connectivity index (χ3n) is 3.63. The number of nitrogens with one attached hydrogen (secondary N) is 1. The molecular formula is C13H18F2N2O2S. The molecule has 0 aliphatic heterocycles. The lowest BCUT2D eigenvalue weighted by Crippen LogP contribution is -2.31. The topological polar surface area (TPSA) is 72.2 Å². The predicted octanol–water partition coefficient (Wildman–Crippen LogP) is 2.41. The summed E-state index contributed by atoms with van der Waals surface area (Å²) in [6.45, 7) is 0.277. The van der Waals surface area contributed by atoms with E-state index in [1.807, 2.05) is 0 Å². The second kappa shape index (κ2) is 6.05. The van der Waals surface area contributed by atoms with Crippen molar-refractivity contribution >= 4 is 15.7 Å². The van der Waals surface area contributed by atoms with Gasteiger partial charge in [-0.05, 0) is 24.8 Å². The summed E-state index contributed by atoms with van der Waals surface area (Å²) in [6, 6.07) is 1.30. The van der Waals surface area contributed by atoms with Crippen molar-refractivity contribution in [3.63, 3.8) is 0 Å². The van der Waals surface area contributed by atoms with Gasteiger partial charge in [0.15, 0.2) is 0 Å². The normalized spacial score (nSPS) is 17.3. The number of hydrogen-bond acceptors (Lipinski definition) is 3. The van der Waals surface area contributed by atoms with Gasteiger partial charge in [-0.15, -0.1) is 0 Å². The Morgan fingerprint density at radius 3 is 2.45 bits per heavy atom. The van der Waals surface area contributed by atoms with Gasteiger partial charge in [0.1, 0.15) is 16.5 Å². The van der Waals surface area contributed by atoms with Crippen molar-refractivity contribution in [2.75, 3.05) is 12.3 Å². The summed E-state index contributed by atoms with van der Waals surface area (Å²) in [5.74, 6) is -1.82. The van der Waals surface area contributed by atoms with E-state index >= 15 is 0 Å². The second-order valence-corrected chi connectivity index (χ2v) is 6.90. The van der Waals surface area contributed by atoms with Gasteiger partial charge in [0.05, 0.1) is 5.69 Å². The monoisotopic (exact) mass is 304 g/mol. The first-order valence-corrected chi connectivity index (χ1v) is 8.12. The third-order valence-corrected chi connectivity index (χ3v) is 5.07. The molecular weight excluding hydrogens is 286 g/mol. The van der Waals surface area contributed by atoms with Crippen LogP contribution in [0.2, 0.25) is 0 Å². The number of nitrogens with two attached hydrogens (primary N) is 1. The van der Waals surface area contributed by atoms with Crippen molar-refractivity contribution in [2.24, 2.45) is 5.92 Å². The molecule has 0 bridgehead atoms. The second-order valence-electron chi connectivity index (χ2n) is 5.16. The largest absolute Gasteiger partial charge is 0.396 e. The highest BCUT2D eigenvalue weighted by atomic mass is 32.2. The van der Waals surface area contributed by atoms with E-state index in [1.165, 1.54) is 6.42 Å². The molecule has 0 saturated heterocycles. The number of anilines is 1. The predicted molar refractivity (Wildman–Crippen MR) is 72.5 cm³/mol. The molecule has 1 aromatic carbocycles. The standard InChI is InChI=1S/C13H18F2N2O2S/c14-10-6-11(15)13(7-12(10)16)20(18,19)17-8-9-4-2-1-3-5-9/h6-7,9,17H,1-5,8,16H2. The van der Waals surface area contributed by atoms with Gasteiger partial charge < -0.3 is 5.73 Å². The average Bonchev–Trinajstić information content (AvgIpc) is 2.42. The molecule has 0 amide bonds. The first-order valence-electron chi connectivity index (χ1n) is 6.64.